The Morgan fingerprint density at radius 3 is 3.29 bits per heavy atom. The SMILES string of the molecule is O=C(c1ncc[nH]1)C1CCOC2(CCSC2)C1. The first-order valence-electron chi connectivity index (χ1n) is 6.04. The number of nitrogens with one attached hydrogen (secondary N) is 1. The van der Waals surface area contributed by atoms with E-state index in [1.807, 2.05) is 11.8 Å². The fourth-order valence-electron chi connectivity index (χ4n) is 2.71. The molecule has 0 aromatic carbocycles. The van der Waals surface area contributed by atoms with E-state index in [0.29, 0.717) is 12.4 Å². The molecule has 92 valence electrons. The van der Waals surface area contributed by atoms with E-state index in [1.54, 1.807) is 12.4 Å². The van der Waals surface area contributed by atoms with Crippen molar-refractivity contribution in [2.45, 2.75) is 24.9 Å². The molecule has 17 heavy (non-hydrogen) atoms. The highest BCUT2D eigenvalue weighted by Gasteiger charge is 2.42. The van der Waals surface area contributed by atoms with Gasteiger partial charge in [-0.05, 0) is 25.0 Å². The molecule has 2 fully saturated rings. The topological polar surface area (TPSA) is 55.0 Å². The highest BCUT2D eigenvalue weighted by molar-refractivity contribution is 7.99. The lowest BCUT2D eigenvalue weighted by atomic mass is 9.83. The summed E-state index contributed by atoms with van der Waals surface area (Å²) in [4.78, 5) is 19.2. The number of H-pyrrole nitrogens is 1. The summed E-state index contributed by atoms with van der Waals surface area (Å²) in [6.45, 7) is 0.706. The number of rotatable bonds is 2. The second-order valence-electron chi connectivity index (χ2n) is 4.83. The fourth-order valence-corrected chi connectivity index (χ4v) is 4.09. The Kier molecular flexibility index (Phi) is 2.96. The third-order valence-electron chi connectivity index (χ3n) is 3.66. The molecule has 2 atom stereocenters. The van der Waals surface area contributed by atoms with Crippen LogP contribution in [0, 0.1) is 5.92 Å². The molecule has 1 aromatic heterocycles. The standard InChI is InChI=1S/C12H16N2O2S/c15-10(11-13-3-4-14-11)9-1-5-16-12(7-9)2-6-17-8-12/h3-4,9H,1-2,5-8H2,(H,13,14). The summed E-state index contributed by atoms with van der Waals surface area (Å²) in [5.74, 6) is 2.91. The zero-order valence-electron chi connectivity index (χ0n) is 9.65. The summed E-state index contributed by atoms with van der Waals surface area (Å²) in [5, 5.41) is 0. The second-order valence-corrected chi connectivity index (χ2v) is 5.93. The Morgan fingerprint density at radius 1 is 1.65 bits per heavy atom. The Morgan fingerprint density at radius 2 is 2.59 bits per heavy atom. The molecule has 2 unspecified atom stereocenters. The second kappa shape index (κ2) is 4.46. The van der Waals surface area contributed by atoms with E-state index < -0.39 is 0 Å². The maximum Gasteiger partial charge on any atom is 0.201 e. The third kappa shape index (κ3) is 2.13. The smallest absolute Gasteiger partial charge is 0.201 e. The lowest BCUT2D eigenvalue weighted by Gasteiger charge is -2.36. The van der Waals surface area contributed by atoms with Gasteiger partial charge in [-0.1, -0.05) is 0 Å². The number of nitrogens with zero attached hydrogens (tertiary/aromatic N) is 1. The van der Waals surface area contributed by atoms with Crippen LogP contribution in [-0.2, 0) is 4.74 Å². The van der Waals surface area contributed by atoms with Crippen LogP contribution in [0.5, 0.6) is 0 Å². The van der Waals surface area contributed by atoms with Crippen LogP contribution in [0.1, 0.15) is 29.9 Å². The number of thioether (sulfide) groups is 1. The molecule has 5 heteroatoms. The average Bonchev–Trinajstić information content (AvgIpc) is 3.00. The van der Waals surface area contributed by atoms with Crippen LogP contribution in [0.4, 0.5) is 0 Å². The number of carbonyl (C=O) groups is 1. The molecule has 0 bridgehead atoms. The minimum Gasteiger partial charge on any atom is -0.374 e. The summed E-state index contributed by atoms with van der Waals surface area (Å²) in [7, 11) is 0. The van der Waals surface area contributed by atoms with Crippen molar-refractivity contribution < 1.29 is 9.53 Å². The first kappa shape index (κ1) is 11.3. The Hall–Kier alpha value is -0.810. The van der Waals surface area contributed by atoms with Gasteiger partial charge in [0.1, 0.15) is 0 Å². The molecule has 4 nitrogen and oxygen atoms in total. The van der Waals surface area contributed by atoms with Gasteiger partial charge in [-0.15, -0.1) is 0 Å². The van der Waals surface area contributed by atoms with Crippen molar-refractivity contribution >= 4 is 17.5 Å². The molecule has 1 aromatic rings. The number of aromatic nitrogens is 2. The number of carbonyl (C=O) groups excluding carboxylic acids is 1. The van der Waals surface area contributed by atoms with Gasteiger partial charge < -0.3 is 9.72 Å². The minimum absolute atomic E-state index is 0.0319. The number of hydrogen-bond donors (Lipinski definition) is 1. The monoisotopic (exact) mass is 252 g/mol. The van der Waals surface area contributed by atoms with Gasteiger partial charge in [0.05, 0.1) is 5.60 Å². The van der Waals surface area contributed by atoms with Crippen LogP contribution in [0.2, 0.25) is 0 Å². The molecule has 0 amide bonds. The lowest BCUT2D eigenvalue weighted by molar-refractivity contribution is -0.0735. The first-order chi connectivity index (χ1) is 8.29. The summed E-state index contributed by atoms with van der Waals surface area (Å²) < 4.78 is 5.92. The Labute approximate surface area is 105 Å². The predicted molar refractivity (Wildman–Crippen MR) is 66.3 cm³/mol. The Balaban J connectivity index is 1.73. The molecule has 2 aliphatic heterocycles. The van der Waals surface area contributed by atoms with Gasteiger partial charge in [0.15, 0.2) is 5.82 Å². The van der Waals surface area contributed by atoms with Gasteiger partial charge in [-0.2, -0.15) is 11.8 Å². The summed E-state index contributed by atoms with van der Waals surface area (Å²) in [6, 6.07) is 0. The predicted octanol–water partition coefficient (Wildman–Crippen LogP) is 1.89. The molecule has 1 spiro atoms. The molecule has 3 heterocycles. The summed E-state index contributed by atoms with van der Waals surface area (Å²) >= 11 is 1.93. The van der Waals surface area contributed by atoms with E-state index in [1.165, 1.54) is 0 Å². The van der Waals surface area contributed by atoms with Crippen LogP contribution in [-0.4, -0.2) is 39.5 Å². The van der Waals surface area contributed by atoms with Crippen LogP contribution < -0.4 is 0 Å². The van der Waals surface area contributed by atoms with Crippen molar-refractivity contribution in [3.05, 3.63) is 18.2 Å². The van der Waals surface area contributed by atoms with Crippen LogP contribution in [0.15, 0.2) is 12.4 Å². The molecule has 0 saturated carbocycles. The normalized spacial score (nSPS) is 33.1. The van der Waals surface area contributed by atoms with Crippen molar-refractivity contribution in [2.24, 2.45) is 5.92 Å². The maximum absolute atomic E-state index is 12.2. The highest BCUT2D eigenvalue weighted by Crippen LogP contribution is 2.40. The van der Waals surface area contributed by atoms with E-state index in [-0.39, 0.29) is 17.3 Å². The molecule has 0 aliphatic carbocycles. The van der Waals surface area contributed by atoms with E-state index in [2.05, 4.69) is 9.97 Å². The average molecular weight is 252 g/mol. The minimum atomic E-state index is -0.0319. The number of hydrogen-bond acceptors (Lipinski definition) is 4. The first-order valence-corrected chi connectivity index (χ1v) is 7.20. The molecular weight excluding hydrogens is 236 g/mol. The van der Waals surface area contributed by atoms with Crippen LogP contribution in [0.3, 0.4) is 0 Å². The van der Waals surface area contributed by atoms with E-state index in [0.717, 1.165) is 30.8 Å². The van der Waals surface area contributed by atoms with Gasteiger partial charge in [0.2, 0.25) is 5.78 Å². The van der Waals surface area contributed by atoms with Gasteiger partial charge >= 0.3 is 0 Å². The van der Waals surface area contributed by atoms with Crippen LogP contribution in [0.25, 0.3) is 0 Å². The number of imidazole rings is 1. The van der Waals surface area contributed by atoms with E-state index in [4.69, 9.17) is 4.74 Å². The summed E-state index contributed by atoms with van der Waals surface area (Å²) in [6.07, 6.45) is 6.10. The van der Waals surface area contributed by atoms with Gasteiger partial charge in [-0.25, -0.2) is 4.98 Å². The van der Waals surface area contributed by atoms with Gasteiger partial charge in [0.25, 0.3) is 0 Å². The van der Waals surface area contributed by atoms with Gasteiger partial charge in [0, 0.05) is 30.7 Å². The van der Waals surface area contributed by atoms with Crippen molar-refractivity contribution in [1.82, 2.24) is 9.97 Å². The van der Waals surface area contributed by atoms with Crippen molar-refractivity contribution in [2.75, 3.05) is 18.1 Å². The highest BCUT2D eigenvalue weighted by atomic mass is 32.2. The molecule has 1 N–H and O–H groups in total. The molecule has 2 saturated heterocycles. The quantitative estimate of drug-likeness (QED) is 0.817. The largest absolute Gasteiger partial charge is 0.374 e. The zero-order valence-corrected chi connectivity index (χ0v) is 10.5. The maximum atomic E-state index is 12.2. The fraction of sp³-hybridized carbons (Fsp3) is 0.667. The number of ether oxygens (including phenoxy) is 1. The number of Topliss-reactive ketones (excluding diaryl/α,β-unsaturated/α-hetero) is 1. The summed E-state index contributed by atoms with van der Waals surface area (Å²) in [5.41, 5.74) is -0.0319. The zero-order chi connectivity index (χ0) is 11.7. The molecule has 2 aliphatic rings. The Bertz CT molecular complexity index is 399. The van der Waals surface area contributed by atoms with Crippen molar-refractivity contribution in [1.29, 1.82) is 0 Å². The molecule has 3 rings (SSSR count). The third-order valence-corrected chi connectivity index (χ3v) is 4.89. The van der Waals surface area contributed by atoms with Gasteiger partial charge in [-0.3, -0.25) is 4.79 Å². The van der Waals surface area contributed by atoms with E-state index >= 15 is 0 Å². The number of aromatic amines is 1. The van der Waals surface area contributed by atoms with E-state index in [9.17, 15) is 4.79 Å². The van der Waals surface area contributed by atoms with Crippen LogP contribution >= 0.6 is 11.8 Å². The molecular formula is C12H16N2O2S. The molecule has 0 radical (unpaired) electrons. The van der Waals surface area contributed by atoms with Crippen molar-refractivity contribution in [3.63, 3.8) is 0 Å². The number of ketones is 1. The van der Waals surface area contributed by atoms with Crippen molar-refractivity contribution in [3.8, 4) is 0 Å². The lowest BCUT2D eigenvalue weighted by Crippen LogP contribution is -2.42.